The van der Waals surface area contributed by atoms with Crippen LogP contribution in [0.5, 0.6) is 0 Å². The van der Waals surface area contributed by atoms with Gasteiger partial charge in [-0.25, -0.2) is 5.43 Å². The molecule has 2 aromatic heterocycles. The van der Waals surface area contributed by atoms with Crippen LogP contribution in [-0.2, 0) is 0 Å². The minimum absolute atomic E-state index is 0.267. The van der Waals surface area contributed by atoms with E-state index in [1.54, 1.807) is 36.9 Å². The van der Waals surface area contributed by atoms with E-state index in [9.17, 15) is 4.79 Å². The van der Waals surface area contributed by atoms with Crippen LogP contribution in [0.25, 0.3) is 10.9 Å². The highest BCUT2D eigenvalue weighted by atomic mass is 16.2. The molecule has 3 rings (SSSR count). The molecule has 0 aliphatic carbocycles. The van der Waals surface area contributed by atoms with Crippen LogP contribution >= 0.6 is 0 Å². The molecule has 1 N–H and O–H groups in total. The zero-order valence-electron chi connectivity index (χ0n) is 11.1. The zero-order valence-corrected chi connectivity index (χ0v) is 11.1. The van der Waals surface area contributed by atoms with E-state index in [0.717, 1.165) is 16.5 Å². The molecule has 1 amide bonds. The van der Waals surface area contributed by atoms with Crippen molar-refractivity contribution >= 4 is 23.0 Å². The third kappa shape index (κ3) is 3.09. The number of carbonyl (C=O) groups is 1. The predicted molar refractivity (Wildman–Crippen MR) is 81.0 cm³/mol. The number of carbonyl (C=O) groups excluding carboxylic acids is 1. The van der Waals surface area contributed by atoms with Crippen molar-refractivity contribution in [1.82, 2.24) is 15.4 Å². The molecule has 1 aromatic carbocycles. The molecular formula is C16H12N4O. The van der Waals surface area contributed by atoms with Crippen LogP contribution in [0.4, 0.5) is 0 Å². The summed E-state index contributed by atoms with van der Waals surface area (Å²) in [4.78, 5) is 19.9. The third-order valence-electron chi connectivity index (χ3n) is 2.95. The van der Waals surface area contributed by atoms with Gasteiger partial charge in [0.05, 0.1) is 11.7 Å². The Morgan fingerprint density at radius 2 is 1.95 bits per heavy atom. The molecule has 0 saturated heterocycles. The summed E-state index contributed by atoms with van der Waals surface area (Å²) in [5.41, 5.74) is 4.82. The van der Waals surface area contributed by atoms with Gasteiger partial charge in [-0.05, 0) is 35.9 Å². The van der Waals surface area contributed by atoms with Gasteiger partial charge in [-0.3, -0.25) is 14.8 Å². The largest absolute Gasteiger partial charge is 0.271 e. The number of nitrogens with zero attached hydrogens (tertiary/aromatic N) is 3. The number of fused-ring (bicyclic) bond motifs is 1. The van der Waals surface area contributed by atoms with Crippen LogP contribution in [0, 0.1) is 0 Å². The fraction of sp³-hybridized carbons (Fsp3) is 0. The van der Waals surface area contributed by atoms with E-state index < -0.39 is 0 Å². The average Bonchev–Trinajstić information content (AvgIpc) is 2.55. The van der Waals surface area contributed by atoms with Crippen molar-refractivity contribution in [1.29, 1.82) is 0 Å². The molecule has 0 unspecified atom stereocenters. The van der Waals surface area contributed by atoms with Crippen molar-refractivity contribution in [2.45, 2.75) is 0 Å². The first-order valence-electron chi connectivity index (χ1n) is 6.41. The van der Waals surface area contributed by atoms with Crippen molar-refractivity contribution in [2.75, 3.05) is 0 Å². The molecule has 21 heavy (non-hydrogen) atoms. The first-order valence-corrected chi connectivity index (χ1v) is 6.41. The second kappa shape index (κ2) is 5.92. The average molecular weight is 276 g/mol. The Hall–Kier alpha value is -3.08. The van der Waals surface area contributed by atoms with Crippen LogP contribution in [0.3, 0.4) is 0 Å². The van der Waals surface area contributed by atoms with Crippen molar-refractivity contribution in [2.24, 2.45) is 5.10 Å². The third-order valence-corrected chi connectivity index (χ3v) is 2.95. The molecule has 0 bridgehead atoms. The maximum Gasteiger partial charge on any atom is 0.271 e. The standard InChI is InChI=1S/C16H12N4O/c21-16(13-5-8-17-9-6-13)20-19-11-12-3-4-15-14(10-12)2-1-7-18-15/h1-11H,(H,20,21)/b19-11-. The number of pyridine rings is 2. The molecule has 102 valence electrons. The van der Waals surface area contributed by atoms with E-state index >= 15 is 0 Å². The smallest absolute Gasteiger partial charge is 0.267 e. The normalized spacial score (nSPS) is 10.9. The van der Waals surface area contributed by atoms with Gasteiger partial charge in [0.15, 0.2) is 0 Å². The number of aromatic nitrogens is 2. The van der Waals surface area contributed by atoms with E-state index in [4.69, 9.17) is 0 Å². The van der Waals surface area contributed by atoms with Crippen molar-refractivity contribution in [3.63, 3.8) is 0 Å². The van der Waals surface area contributed by atoms with Gasteiger partial charge in [-0.2, -0.15) is 5.10 Å². The number of benzene rings is 1. The van der Waals surface area contributed by atoms with E-state index in [2.05, 4.69) is 20.5 Å². The number of hydrogen-bond donors (Lipinski definition) is 1. The summed E-state index contributed by atoms with van der Waals surface area (Å²) in [6.07, 6.45) is 6.49. The number of hydrazone groups is 1. The van der Waals surface area contributed by atoms with Gasteiger partial charge >= 0.3 is 0 Å². The number of nitrogens with one attached hydrogen (secondary N) is 1. The summed E-state index contributed by atoms with van der Waals surface area (Å²) in [6, 6.07) is 12.9. The van der Waals surface area contributed by atoms with Crippen molar-refractivity contribution < 1.29 is 4.79 Å². The molecule has 0 fully saturated rings. The van der Waals surface area contributed by atoms with Gasteiger partial charge < -0.3 is 0 Å². The van der Waals surface area contributed by atoms with Crippen LogP contribution < -0.4 is 5.43 Å². The van der Waals surface area contributed by atoms with Gasteiger partial charge in [-0.15, -0.1) is 0 Å². The fourth-order valence-corrected chi connectivity index (χ4v) is 1.91. The van der Waals surface area contributed by atoms with Gasteiger partial charge in [0.1, 0.15) is 0 Å². The summed E-state index contributed by atoms with van der Waals surface area (Å²) in [5, 5.41) is 4.99. The lowest BCUT2D eigenvalue weighted by Gasteiger charge is -2.00. The summed E-state index contributed by atoms with van der Waals surface area (Å²) in [6.45, 7) is 0. The fourth-order valence-electron chi connectivity index (χ4n) is 1.91. The Labute approximate surface area is 121 Å². The summed E-state index contributed by atoms with van der Waals surface area (Å²) < 4.78 is 0. The molecule has 0 radical (unpaired) electrons. The highest BCUT2D eigenvalue weighted by molar-refractivity contribution is 5.95. The Morgan fingerprint density at radius 1 is 1.10 bits per heavy atom. The van der Waals surface area contributed by atoms with Crippen molar-refractivity contribution in [3.8, 4) is 0 Å². The second-order valence-electron chi connectivity index (χ2n) is 4.39. The molecule has 0 atom stereocenters. The minimum Gasteiger partial charge on any atom is -0.267 e. The van der Waals surface area contributed by atoms with Crippen LogP contribution in [-0.4, -0.2) is 22.1 Å². The first-order chi connectivity index (χ1) is 10.3. The van der Waals surface area contributed by atoms with E-state index in [1.165, 1.54) is 0 Å². The molecule has 0 saturated carbocycles. The van der Waals surface area contributed by atoms with E-state index in [1.807, 2.05) is 30.3 Å². The Kier molecular flexibility index (Phi) is 3.64. The van der Waals surface area contributed by atoms with Gasteiger partial charge in [0, 0.05) is 29.5 Å². The molecule has 3 aromatic rings. The molecule has 2 heterocycles. The maximum atomic E-state index is 11.8. The van der Waals surface area contributed by atoms with Gasteiger partial charge in [-0.1, -0.05) is 12.1 Å². The maximum absolute atomic E-state index is 11.8. The molecule has 5 heteroatoms. The van der Waals surface area contributed by atoms with Crippen molar-refractivity contribution in [3.05, 3.63) is 72.2 Å². The Morgan fingerprint density at radius 3 is 2.81 bits per heavy atom. The summed E-state index contributed by atoms with van der Waals surface area (Å²) in [5.74, 6) is -0.267. The van der Waals surface area contributed by atoms with E-state index in [0.29, 0.717) is 5.56 Å². The van der Waals surface area contributed by atoms with Crippen LogP contribution in [0.15, 0.2) is 66.2 Å². The Bertz CT molecular complexity index is 799. The zero-order chi connectivity index (χ0) is 14.5. The molecule has 0 spiro atoms. The number of amides is 1. The SMILES string of the molecule is O=C(N/N=C\c1ccc2ncccc2c1)c1ccncc1. The first kappa shape index (κ1) is 12.9. The highest BCUT2D eigenvalue weighted by Gasteiger charge is 2.02. The number of rotatable bonds is 3. The lowest BCUT2D eigenvalue weighted by Crippen LogP contribution is -2.17. The Balaban J connectivity index is 1.71. The lowest BCUT2D eigenvalue weighted by atomic mass is 10.1. The monoisotopic (exact) mass is 276 g/mol. The minimum atomic E-state index is -0.267. The van der Waals surface area contributed by atoms with Gasteiger partial charge in [0.2, 0.25) is 0 Å². The lowest BCUT2D eigenvalue weighted by molar-refractivity contribution is 0.0955. The quantitative estimate of drug-likeness (QED) is 0.590. The van der Waals surface area contributed by atoms with Crippen LogP contribution in [0.2, 0.25) is 0 Å². The van der Waals surface area contributed by atoms with Crippen LogP contribution in [0.1, 0.15) is 15.9 Å². The molecule has 0 aliphatic rings. The second-order valence-corrected chi connectivity index (χ2v) is 4.39. The summed E-state index contributed by atoms with van der Waals surface area (Å²) in [7, 11) is 0. The topological polar surface area (TPSA) is 67.2 Å². The number of hydrogen-bond acceptors (Lipinski definition) is 4. The molecule has 5 nitrogen and oxygen atoms in total. The molecular weight excluding hydrogens is 264 g/mol. The highest BCUT2D eigenvalue weighted by Crippen LogP contribution is 2.11. The van der Waals surface area contributed by atoms with E-state index in [-0.39, 0.29) is 5.91 Å². The predicted octanol–water partition coefficient (Wildman–Crippen LogP) is 2.39. The summed E-state index contributed by atoms with van der Waals surface area (Å²) >= 11 is 0. The van der Waals surface area contributed by atoms with Gasteiger partial charge in [0.25, 0.3) is 5.91 Å². The molecule has 0 aliphatic heterocycles.